The maximum absolute atomic E-state index is 12.3. The SMILES string of the molecule is COc1cc2c(=O)[nH]c(CN3CCc4ccccc43)nc2cn1. The number of anilines is 1. The number of aromatic amines is 1. The fraction of sp³-hybridized carbons (Fsp3) is 0.235. The third-order valence-corrected chi connectivity index (χ3v) is 4.15. The molecule has 2 aromatic heterocycles. The van der Waals surface area contributed by atoms with Crippen molar-refractivity contribution in [2.75, 3.05) is 18.6 Å². The van der Waals surface area contributed by atoms with Gasteiger partial charge >= 0.3 is 0 Å². The van der Waals surface area contributed by atoms with Crippen molar-refractivity contribution in [3.05, 3.63) is 58.3 Å². The van der Waals surface area contributed by atoms with Crippen molar-refractivity contribution in [3.8, 4) is 5.88 Å². The lowest BCUT2D eigenvalue weighted by Gasteiger charge is -2.18. The van der Waals surface area contributed by atoms with Crippen molar-refractivity contribution >= 4 is 16.6 Å². The van der Waals surface area contributed by atoms with Crippen molar-refractivity contribution in [1.82, 2.24) is 15.0 Å². The van der Waals surface area contributed by atoms with E-state index in [1.165, 1.54) is 18.4 Å². The van der Waals surface area contributed by atoms with E-state index in [1.54, 1.807) is 12.3 Å². The van der Waals surface area contributed by atoms with Gasteiger partial charge in [-0.05, 0) is 18.1 Å². The number of benzene rings is 1. The lowest BCUT2D eigenvalue weighted by Crippen LogP contribution is -2.23. The van der Waals surface area contributed by atoms with Crippen molar-refractivity contribution in [1.29, 1.82) is 0 Å². The van der Waals surface area contributed by atoms with Crippen LogP contribution in [-0.2, 0) is 13.0 Å². The average Bonchev–Trinajstić information content (AvgIpc) is 2.98. The zero-order valence-corrected chi connectivity index (χ0v) is 12.7. The summed E-state index contributed by atoms with van der Waals surface area (Å²) in [4.78, 5) is 26.0. The molecule has 0 amide bonds. The second-order valence-electron chi connectivity index (χ2n) is 5.56. The van der Waals surface area contributed by atoms with Crippen LogP contribution in [0.1, 0.15) is 11.4 Å². The van der Waals surface area contributed by atoms with E-state index in [9.17, 15) is 4.79 Å². The molecule has 0 unspecified atom stereocenters. The first-order valence-corrected chi connectivity index (χ1v) is 7.50. The highest BCUT2D eigenvalue weighted by Crippen LogP contribution is 2.28. The molecule has 6 heteroatoms. The maximum Gasteiger partial charge on any atom is 0.259 e. The number of hydrogen-bond donors (Lipinski definition) is 1. The molecule has 0 fully saturated rings. The third kappa shape index (κ3) is 2.42. The van der Waals surface area contributed by atoms with E-state index in [4.69, 9.17) is 4.74 Å². The van der Waals surface area contributed by atoms with Crippen molar-refractivity contribution in [2.45, 2.75) is 13.0 Å². The van der Waals surface area contributed by atoms with Gasteiger partial charge in [0.2, 0.25) is 5.88 Å². The Kier molecular flexibility index (Phi) is 3.22. The number of ether oxygens (including phenoxy) is 1. The lowest BCUT2D eigenvalue weighted by atomic mass is 10.2. The summed E-state index contributed by atoms with van der Waals surface area (Å²) < 4.78 is 5.05. The number of nitrogens with one attached hydrogen (secondary N) is 1. The summed E-state index contributed by atoms with van der Waals surface area (Å²) in [5.74, 6) is 1.05. The van der Waals surface area contributed by atoms with Crippen LogP contribution in [-0.4, -0.2) is 28.6 Å². The normalized spacial score (nSPS) is 13.3. The average molecular weight is 308 g/mol. The van der Waals surface area contributed by atoms with E-state index >= 15 is 0 Å². The predicted molar refractivity (Wildman–Crippen MR) is 87.9 cm³/mol. The lowest BCUT2D eigenvalue weighted by molar-refractivity contribution is 0.398. The van der Waals surface area contributed by atoms with Crippen LogP contribution >= 0.6 is 0 Å². The molecule has 1 aromatic carbocycles. The Hall–Kier alpha value is -2.89. The fourth-order valence-corrected chi connectivity index (χ4v) is 3.01. The molecule has 3 heterocycles. The molecule has 0 spiro atoms. The highest BCUT2D eigenvalue weighted by atomic mass is 16.5. The van der Waals surface area contributed by atoms with Gasteiger partial charge in [0, 0.05) is 18.3 Å². The summed E-state index contributed by atoms with van der Waals surface area (Å²) >= 11 is 0. The number of methoxy groups -OCH3 is 1. The molecule has 23 heavy (non-hydrogen) atoms. The molecule has 1 aliphatic rings. The molecule has 0 atom stereocenters. The molecule has 0 saturated heterocycles. The zero-order valence-electron chi connectivity index (χ0n) is 12.7. The van der Waals surface area contributed by atoms with Crippen LogP contribution in [0.15, 0.2) is 41.3 Å². The van der Waals surface area contributed by atoms with Gasteiger partial charge in [-0.25, -0.2) is 9.97 Å². The first kappa shape index (κ1) is 13.8. The third-order valence-electron chi connectivity index (χ3n) is 4.15. The summed E-state index contributed by atoms with van der Waals surface area (Å²) in [5, 5.41) is 0.488. The molecule has 1 N–H and O–H groups in total. The molecule has 0 radical (unpaired) electrons. The minimum atomic E-state index is -0.168. The van der Waals surface area contributed by atoms with Crippen LogP contribution in [0.4, 0.5) is 5.69 Å². The Labute approximate surface area is 132 Å². The smallest absolute Gasteiger partial charge is 0.259 e. The van der Waals surface area contributed by atoms with Gasteiger partial charge in [-0.3, -0.25) is 4.79 Å². The number of nitrogens with zero attached hydrogens (tertiary/aromatic N) is 3. The van der Waals surface area contributed by atoms with Gasteiger partial charge in [0.15, 0.2) is 0 Å². The van der Waals surface area contributed by atoms with Crippen LogP contribution in [0.25, 0.3) is 10.9 Å². The van der Waals surface area contributed by atoms with Crippen LogP contribution in [0.2, 0.25) is 0 Å². The molecule has 0 aliphatic carbocycles. The van der Waals surface area contributed by atoms with Gasteiger partial charge < -0.3 is 14.6 Å². The first-order chi connectivity index (χ1) is 11.2. The van der Waals surface area contributed by atoms with Gasteiger partial charge in [0.25, 0.3) is 5.56 Å². The molecule has 4 rings (SSSR count). The molecule has 116 valence electrons. The van der Waals surface area contributed by atoms with E-state index in [1.807, 2.05) is 6.07 Å². The zero-order chi connectivity index (χ0) is 15.8. The number of aromatic nitrogens is 3. The van der Waals surface area contributed by atoms with Crippen LogP contribution in [0.5, 0.6) is 5.88 Å². The molecule has 0 bridgehead atoms. The van der Waals surface area contributed by atoms with Crippen molar-refractivity contribution in [3.63, 3.8) is 0 Å². The monoisotopic (exact) mass is 308 g/mol. The fourth-order valence-electron chi connectivity index (χ4n) is 3.01. The van der Waals surface area contributed by atoms with Gasteiger partial charge in [-0.2, -0.15) is 0 Å². The molecule has 1 aliphatic heterocycles. The van der Waals surface area contributed by atoms with E-state index < -0.39 is 0 Å². The molecular formula is C17H16N4O2. The van der Waals surface area contributed by atoms with Crippen molar-refractivity contribution < 1.29 is 4.74 Å². The van der Waals surface area contributed by atoms with E-state index in [2.05, 4.69) is 38.1 Å². The van der Waals surface area contributed by atoms with E-state index in [0.29, 0.717) is 29.2 Å². The Morgan fingerprint density at radius 2 is 2.22 bits per heavy atom. The molecule has 6 nitrogen and oxygen atoms in total. The first-order valence-electron chi connectivity index (χ1n) is 7.50. The van der Waals surface area contributed by atoms with E-state index in [-0.39, 0.29) is 5.56 Å². The maximum atomic E-state index is 12.3. The number of para-hydroxylation sites is 1. The van der Waals surface area contributed by atoms with Crippen LogP contribution in [0.3, 0.4) is 0 Å². The summed E-state index contributed by atoms with van der Waals surface area (Å²) in [6.07, 6.45) is 2.59. The van der Waals surface area contributed by atoms with Gasteiger partial charge in [0.1, 0.15) is 5.82 Å². The highest BCUT2D eigenvalue weighted by Gasteiger charge is 2.19. The quantitative estimate of drug-likeness (QED) is 0.800. The van der Waals surface area contributed by atoms with Crippen molar-refractivity contribution in [2.24, 2.45) is 0 Å². The summed E-state index contributed by atoms with van der Waals surface area (Å²) in [6, 6.07) is 9.94. The Morgan fingerprint density at radius 1 is 1.35 bits per heavy atom. The van der Waals surface area contributed by atoms with Gasteiger partial charge in [-0.15, -0.1) is 0 Å². The van der Waals surface area contributed by atoms with Crippen LogP contribution in [0, 0.1) is 0 Å². The summed E-state index contributed by atoms with van der Waals surface area (Å²) in [5.41, 5.74) is 2.96. The summed E-state index contributed by atoms with van der Waals surface area (Å²) in [6.45, 7) is 1.51. The molecular weight excluding hydrogens is 292 g/mol. The topological polar surface area (TPSA) is 71.1 Å². The Balaban J connectivity index is 1.69. The van der Waals surface area contributed by atoms with Crippen LogP contribution < -0.4 is 15.2 Å². The standard InChI is InChI=1S/C17H16N4O2/c1-23-16-8-12-13(9-18-16)19-15(20-17(12)22)10-21-7-6-11-4-2-3-5-14(11)21/h2-5,8-9H,6-7,10H2,1H3,(H,19,20,22). The number of hydrogen-bond acceptors (Lipinski definition) is 5. The van der Waals surface area contributed by atoms with Gasteiger partial charge in [-0.1, -0.05) is 18.2 Å². The van der Waals surface area contributed by atoms with Gasteiger partial charge in [0.05, 0.1) is 30.8 Å². The second kappa shape index (κ2) is 5.39. The minimum Gasteiger partial charge on any atom is -0.481 e. The Morgan fingerprint density at radius 3 is 3.09 bits per heavy atom. The number of H-pyrrole nitrogens is 1. The van der Waals surface area contributed by atoms with E-state index in [0.717, 1.165) is 13.0 Å². The second-order valence-corrected chi connectivity index (χ2v) is 5.56. The largest absolute Gasteiger partial charge is 0.481 e. The Bertz CT molecular complexity index is 935. The minimum absolute atomic E-state index is 0.168. The number of pyridine rings is 1. The number of rotatable bonds is 3. The molecule has 3 aromatic rings. The highest BCUT2D eigenvalue weighted by molar-refractivity contribution is 5.77. The number of fused-ring (bicyclic) bond motifs is 2. The molecule has 0 saturated carbocycles. The predicted octanol–water partition coefficient (Wildman–Crippen LogP) is 1.89. The summed E-state index contributed by atoms with van der Waals surface area (Å²) in [7, 11) is 1.52.